The van der Waals surface area contributed by atoms with Gasteiger partial charge in [0.05, 0.1) is 6.54 Å². The molecule has 0 bridgehead atoms. The second-order valence-corrected chi connectivity index (χ2v) is 3.70. The van der Waals surface area contributed by atoms with Gasteiger partial charge in [0, 0.05) is 12.1 Å². The molecule has 0 spiro atoms. The van der Waals surface area contributed by atoms with Crippen LogP contribution >= 0.6 is 0 Å². The highest BCUT2D eigenvalue weighted by atomic mass is 19.3. The number of benzene rings is 1. The Kier molecular flexibility index (Phi) is 5.61. The highest BCUT2D eigenvalue weighted by Gasteiger charge is 2.09. The first-order chi connectivity index (χ1) is 8.13. The molecule has 0 saturated heterocycles. The van der Waals surface area contributed by atoms with Crippen molar-refractivity contribution < 1.29 is 13.9 Å². The number of aliphatic hydroxyl groups excluding tert-OH is 1. The molecule has 1 aromatic carbocycles. The molecule has 0 amide bonds. The maximum absolute atomic E-state index is 12.2. The molecule has 0 unspecified atom stereocenters. The summed E-state index contributed by atoms with van der Waals surface area (Å²) in [5, 5.41) is 8.64. The number of alkyl halides is 2. The van der Waals surface area contributed by atoms with E-state index in [-0.39, 0.29) is 13.2 Å². The van der Waals surface area contributed by atoms with Crippen LogP contribution in [0.3, 0.4) is 0 Å². The smallest absolute Gasteiger partial charge is 0.251 e. The number of nitrogens with zero attached hydrogens (tertiary/aromatic N) is 1. The summed E-state index contributed by atoms with van der Waals surface area (Å²) in [7, 11) is 1.64. The minimum atomic E-state index is -2.34. The predicted molar refractivity (Wildman–Crippen MR) is 62.7 cm³/mol. The van der Waals surface area contributed by atoms with E-state index < -0.39 is 6.43 Å². The summed E-state index contributed by atoms with van der Waals surface area (Å²) in [4.78, 5) is 1.55. The lowest BCUT2D eigenvalue weighted by Crippen LogP contribution is -2.24. The van der Waals surface area contributed by atoms with Crippen LogP contribution < -0.4 is 0 Å². The minimum Gasteiger partial charge on any atom is -0.384 e. The summed E-state index contributed by atoms with van der Waals surface area (Å²) in [6.45, 7) is -0.0520. The van der Waals surface area contributed by atoms with Crippen LogP contribution in [0.5, 0.6) is 0 Å². The summed E-state index contributed by atoms with van der Waals surface area (Å²) in [5.74, 6) is 5.37. The van der Waals surface area contributed by atoms with E-state index in [0.29, 0.717) is 6.54 Å². The highest BCUT2D eigenvalue weighted by Crippen LogP contribution is 2.10. The Labute approximate surface area is 99.9 Å². The standard InChI is InChI=1S/C13H15F2NO/c1-16(10-13(14)15)9-12-6-3-2-5-11(12)7-4-8-17/h2-3,5-6,13,17H,8-10H2,1H3. The third-order valence-electron chi connectivity index (χ3n) is 2.21. The maximum atomic E-state index is 12.2. The van der Waals surface area contributed by atoms with E-state index in [4.69, 9.17) is 5.11 Å². The highest BCUT2D eigenvalue weighted by molar-refractivity contribution is 5.41. The molecule has 2 nitrogen and oxygen atoms in total. The van der Waals surface area contributed by atoms with Crippen LogP contribution in [-0.2, 0) is 6.54 Å². The summed E-state index contributed by atoms with van der Waals surface area (Å²) >= 11 is 0. The Balaban J connectivity index is 2.76. The Bertz CT molecular complexity index is 409. The molecule has 92 valence electrons. The lowest BCUT2D eigenvalue weighted by molar-refractivity contribution is 0.0975. The minimum absolute atomic E-state index is 0.207. The first-order valence-corrected chi connectivity index (χ1v) is 5.28. The number of halogens is 2. The molecule has 4 heteroatoms. The van der Waals surface area contributed by atoms with Crippen molar-refractivity contribution in [3.8, 4) is 11.8 Å². The van der Waals surface area contributed by atoms with Crippen LogP contribution in [0.2, 0.25) is 0 Å². The van der Waals surface area contributed by atoms with Crippen molar-refractivity contribution in [2.75, 3.05) is 20.2 Å². The van der Waals surface area contributed by atoms with Crippen LogP contribution in [0.4, 0.5) is 8.78 Å². The number of rotatable bonds is 4. The zero-order chi connectivity index (χ0) is 12.7. The van der Waals surface area contributed by atoms with E-state index in [1.165, 1.54) is 0 Å². The number of aliphatic hydroxyl groups is 1. The second-order valence-electron chi connectivity index (χ2n) is 3.70. The van der Waals surface area contributed by atoms with Gasteiger partial charge in [0.2, 0.25) is 0 Å². The fourth-order valence-corrected chi connectivity index (χ4v) is 1.51. The molecular weight excluding hydrogens is 224 g/mol. The van der Waals surface area contributed by atoms with E-state index >= 15 is 0 Å². The summed E-state index contributed by atoms with van der Waals surface area (Å²) in [6.07, 6.45) is -2.34. The largest absolute Gasteiger partial charge is 0.384 e. The van der Waals surface area contributed by atoms with E-state index in [1.54, 1.807) is 11.9 Å². The summed E-state index contributed by atoms with van der Waals surface area (Å²) in [6, 6.07) is 7.34. The molecule has 0 aliphatic rings. The van der Waals surface area contributed by atoms with Crippen molar-refractivity contribution in [1.29, 1.82) is 0 Å². The van der Waals surface area contributed by atoms with E-state index in [1.807, 2.05) is 24.3 Å². The van der Waals surface area contributed by atoms with Crippen LogP contribution in [0, 0.1) is 11.8 Å². The molecule has 0 saturated carbocycles. The normalized spacial score (nSPS) is 10.5. The van der Waals surface area contributed by atoms with Gasteiger partial charge in [0.1, 0.15) is 6.61 Å². The van der Waals surface area contributed by atoms with E-state index in [0.717, 1.165) is 11.1 Å². The predicted octanol–water partition coefficient (Wildman–Crippen LogP) is 1.73. The zero-order valence-electron chi connectivity index (χ0n) is 9.66. The van der Waals surface area contributed by atoms with Crippen molar-refractivity contribution in [2.45, 2.75) is 13.0 Å². The lowest BCUT2D eigenvalue weighted by Gasteiger charge is -2.16. The van der Waals surface area contributed by atoms with Crippen molar-refractivity contribution in [2.24, 2.45) is 0 Å². The van der Waals surface area contributed by atoms with Gasteiger partial charge in [-0.25, -0.2) is 8.78 Å². The number of hydrogen-bond donors (Lipinski definition) is 1. The second kappa shape index (κ2) is 7.00. The molecule has 1 aromatic rings. The van der Waals surface area contributed by atoms with Crippen molar-refractivity contribution in [3.05, 3.63) is 35.4 Å². The van der Waals surface area contributed by atoms with Crippen molar-refractivity contribution in [1.82, 2.24) is 4.90 Å². The van der Waals surface area contributed by atoms with Gasteiger partial charge in [-0.2, -0.15) is 0 Å². The van der Waals surface area contributed by atoms with Gasteiger partial charge in [-0.05, 0) is 18.7 Å². The first-order valence-electron chi connectivity index (χ1n) is 5.28. The molecule has 17 heavy (non-hydrogen) atoms. The van der Waals surface area contributed by atoms with Gasteiger partial charge in [-0.1, -0.05) is 30.0 Å². The van der Waals surface area contributed by atoms with Crippen LogP contribution in [0.25, 0.3) is 0 Å². The third-order valence-corrected chi connectivity index (χ3v) is 2.21. The van der Waals surface area contributed by atoms with E-state index in [9.17, 15) is 8.78 Å². The monoisotopic (exact) mass is 239 g/mol. The number of hydrogen-bond acceptors (Lipinski definition) is 2. The molecule has 0 atom stereocenters. The summed E-state index contributed by atoms with van der Waals surface area (Å²) in [5.41, 5.74) is 1.65. The van der Waals surface area contributed by atoms with Crippen molar-refractivity contribution in [3.63, 3.8) is 0 Å². The Hall–Kier alpha value is -1.44. The van der Waals surface area contributed by atoms with Crippen LogP contribution in [0.15, 0.2) is 24.3 Å². The molecule has 0 fully saturated rings. The molecule has 0 heterocycles. The average molecular weight is 239 g/mol. The van der Waals surface area contributed by atoms with Gasteiger partial charge in [0.15, 0.2) is 0 Å². The summed E-state index contributed by atoms with van der Waals surface area (Å²) < 4.78 is 24.4. The van der Waals surface area contributed by atoms with Crippen LogP contribution in [-0.4, -0.2) is 36.6 Å². The average Bonchev–Trinajstić information content (AvgIpc) is 2.26. The van der Waals surface area contributed by atoms with Gasteiger partial charge in [-0.15, -0.1) is 0 Å². The Morgan fingerprint density at radius 2 is 2.06 bits per heavy atom. The zero-order valence-corrected chi connectivity index (χ0v) is 9.66. The van der Waals surface area contributed by atoms with Gasteiger partial charge >= 0.3 is 0 Å². The Morgan fingerprint density at radius 3 is 2.71 bits per heavy atom. The molecule has 1 N–H and O–H groups in total. The van der Waals surface area contributed by atoms with E-state index in [2.05, 4.69) is 11.8 Å². The molecule has 0 aromatic heterocycles. The molecular formula is C13H15F2NO. The Morgan fingerprint density at radius 1 is 1.35 bits per heavy atom. The fraction of sp³-hybridized carbons (Fsp3) is 0.385. The fourth-order valence-electron chi connectivity index (χ4n) is 1.51. The van der Waals surface area contributed by atoms with Gasteiger partial charge < -0.3 is 5.11 Å². The molecule has 0 radical (unpaired) electrons. The topological polar surface area (TPSA) is 23.5 Å². The molecule has 0 aliphatic carbocycles. The van der Waals surface area contributed by atoms with Gasteiger partial charge in [0.25, 0.3) is 6.43 Å². The van der Waals surface area contributed by atoms with Crippen LogP contribution in [0.1, 0.15) is 11.1 Å². The SMILES string of the molecule is CN(Cc1ccccc1C#CCO)CC(F)F. The molecule has 0 aliphatic heterocycles. The lowest BCUT2D eigenvalue weighted by atomic mass is 10.1. The quantitative estimate of drug-likeness (QED) is 0.809. The maximum Gasteiger partial charge on any atom is 0.251 e. The van der Waals surface area contributed by atoms with Crippen molar-refractivity contribution >= 4 is 0 Å². The van der Waals surface area contributed by atoms with Gasteiger partial charge in [-0.3, -0.25) is 4.90 Å². The third kappa shape index (κ3) is 4.94. The molecule has 1 rings (SSSR count). The first kappa shape index (κ1) is 13.6.